The molecule has 0 aliphatic rings. The molecule has 4 heteroatoms. The molecule has 1 aromatic rings. The summed E-state index contributed by atoms with van der Waals surface area (Å²) in [4.78, 5) is 10.0. The third-order valence-corrected chi connectivity index (χ3v) is 1.90. The van der Waals surface area contributed by atoms with Crippen LogP contribution >= 0.6 is 0 Å². The zero-order valence-corrected chi connectivity index (χ0v) is 8.82. The largest absolute Gasteiger partial charge is 0.494 e. The number of anilines is 1. The summed E-state index contributed by atoms with van der Waals surface area (Å²) in [5.41, 5.74) is 5.90. The van der Waals surface area contributed by atoms with E-state index in [2.05, 4.69) is 17.8 Å². The van der Waals surface area contributed by atoms with E-state index in [1.165, 1.54) is 0 Å². The van der Waals surface area contributed by atoms with Gasteiger partial charge < -0.3 is 4.74 Å². The van der Waals surface area contributed by atoms with Crippen LogP contribution in [0.3, 0.4) is 0 Å². The van der Waals surface area contributed by atoms with Crippen molar-refractivity contribution < 1.29 is 9.53 Å². The van der Waals surface area contributed by atoms with Gasteiger partial charge in [0.25, 0.3) is 0 Å². The van der Waals surface area contributed by atoms with E-state index in [9.17, 15) is 4.79 Å². The van der Waals surface area contributed by atoms with Crippen LogP contribution in [0.4, 0.5) is 5.69 Å². The van der Waals surface area contributed by atoms with Gasteiger partial charge >= 0.3 is 0 Å². The Bertz CT molecular complexity index is 285. The molecule has 0 spiro atoms. The van der Waals surface area contributed by atoms with Crippen LogP contribution in [0.25, 0.3) is 0 Å². The molecule has 0 saturated carbocycles. The van der Waals surface area contributed by atoms with Crippen LogP contribution in [0.2, 0.25) is 0 Å². The minimum absolute atomic E-state index is 0.589. The minimum atomic E-state index is 0.589. The highest BCUT2D eigenvalue weighted by Crippen LogP contribution is 2.15. The highest BCUT2D eigenvalue weighted by Gasteiger charge is 1.94. The quantitative estimate of drug-likeness (QED) is 0.409. The first-order chi connectivity index (χ1) is 7.36. The Morgan fingerprint density at radius 1 is 1.33 bits per heavy atom. The second-order valence-corrected chi connectivity index (χ2v) is 3.11. The molecule has 1 aromatic carbocycles. The lowest BCUT2D eigenvalue weighted by Gasteiger charge is -2.07. The number of hydrogen-bond acceptors (Lipinski definition) is 3. The zero-order chi connectivity index (χ0) is 10.9. The highest BCUT2D eigenvalue weighted by atomic mass is 16.5. The van der Waals surface area contributed by atoms with Crippen LogP contribution in [0, 0.1) is 0 Å². The van der Waals surface area contributed by atoms with Gasteiger partial charge in [-0.3, -0.25) is 15.6 Å². The number of carbonyl (C=O) groups is 1. The van der Waals surface area contributed by atoms with Crippen molar-refractivity contribution in [3.63, 3.8) is 0 Å². The van der Waals surface area contributed by atoms with Crippen molar-refractivity contribution in [1.82, 2.24) is 5.43 Å². The second-order valence-electron chi connectivity index (χ2n) is 3.11. The lowest BCUT2D eigenvalue weighted by atomic mass is 10.3. The van der Waals surface area contributed by atoms with Gasteiger partial charge in [0.2, 0.25) is 6.41 Å². The van der Waals surface area contributed by atoms with Crippen LogP contribution in [-0.4, -0.2) is 13.0 Å². The number of carbonyl (C=O) groups excluding carboxylic acids is 1. The van der Waals surface area contributed by atoms with E-state index in [0.717, 1.165) is 30.9 Å². The third-order valence-electron chi connectivity index (χ3n) is 1.90. The van der Waals surface area contributed by atoms with E-state index < -0.39 is 0 Å². The van der Waals surface area contributed by atoms with Crippen LogP contribution in [0.15, 0.2) is 24.3 Å². The third kappa shape index (κ3) is 4.35. The first kappa shape index (κ1) is 11.4. The van der Waals surface area contributed by atoms with Crippen LogP contribution < -0.4 is 15.6 Å². The molecule has 0 radical (unpaired) electrons. The lowest BCUT2D eigenvalue weighted by molar-refractivity contribution is -0.109. The predicted octanol–water partition coefficient (Wildman–Crippen LogP) is 1.94. The molecular weight excluding hydrogens is 192 g/mol. The van der Waals surface area contributed by atoms with Crippen molar-refractivity contribution in [2.75, 3.05) is 12.0 Å². The number of amides is 1. The normalized spacial score (nSPS) is 9.40. The summed E-state index contributed by atoms with van der Waals surface area (Å²) in [7, 11) is 0. The number of hydrazine groups is 1. The molecule has 1 amide bonds. The fraction of sp³-hybridized carbons (Fsp3) is 0.364. The standard InChI is InChI=1S/C11H16N2O2/c1-2-3-8-15-11-6-4-10(5-7-11)13-12-9-14/h4-7,9,13H,2-3,8H2,1H3,(H,12,14). The van der Waals surface area contributed by atoms with Gasteiger partial charge in [0, 0.05) is 0 Å². The maximum Gasteiger partial charge on any atom is 0.225 e. The number of rotatable bonds is 7. The minimum Gasteiger partial charge on any atom is -0.494 e. The van der Waals surface area contributed by atoms with Crippen molar-refractivity contribution in [3.05, 3.63) is 24.3 Å². The molecule has 0 unspecified atom stereocenters. The van der Waals surface area contributed by atoms with Crippen molar-refractivity contribution in [1.29, 1.82) is 0 Å². The van der Waals surface area contributed by atoms with E-state index in [1.807, 2.05) is 24.3 Å². The molecule has 0 atom stereocenters. The molecule has 0 bridgehead atoms. The zero-order valence-electron chi connectivity index (χ0n) is 8.82. The fourth-order valence-electron chi connectivity index (χ4n) is 1.08. The van der Waals surface area contributed by atoms with Gasteiger partial charge in [-0.05, 0) is 30.7 Å². The topological polar surface area (TPSA) is 50.4 Å². The van der Waals surface area contributed by atoms with Crippen molar-refractivity contribution in [3.8, 4) is 5.75 Å². The number of ether oxygens (including phenoxy) is 1. The smallest absolute Gasteiger partial charge is 0.225 e. The molecule has 0 heterocycles. The number of hydrogen-bond donors (Lipinski definition) is 2. The molecule has 2 N–H and O–H groups in total. The van der Waals surface area contributed by atoms with Gasteiger partial charge in [-0.2, -0.15) is 0 Å². The molecule has 0 aliphatic carbocycles. The van der Waals surface area contributed by atoms with Gasteiger partial charge in [-0.25, -0.2) is 0 Å². The molecule has 0 fully saturated rings. The summed E-state index contributed by atoms with van der Waals surface area (Å²) < 4.78 is 5.49. The predicted molar refractivity (Wildman–Crippen MR) is 59.7 cm³/mol. The summed E-state index contributed by atoms with van der Waals surface area (Å²) in [5, 5.41) is 0. The Labute approximate surface area is 89.6 Å². The first-order valence-corrected chi connectivity index (χ1v) is 5.05. The molecule has 15 heavy (non-hydrogen) atoms. The number of nitrogens with one attached hydrogen (secondary N) is 2. The molecule has 82 valence electrons. The van der Waals surface area contributed by atoms with E-state index in [4.69, 9.17) is 4.74 Å². The molecular formula is C11H16N2O2. The summed E-state index contributed by atoms with van der Waals surface area (Å²) in [6.07, 6.45) is 2.78. The van der Waals surface area contributed by atoms with Gasteiger partial charge in [0.15, 0.2) is 0 Å². The molecule has 4 nitrogen and oxygen atoms in total. The Kier molecular flexibility index (Phi) is 5.08. The van der Waals surface area contributed by atoms with Crippen molar-refractivity contribution >= 4 is 12.1 Å². The van der Waals surface area contributed by atoms with E-state index in [0.29, 0.717) is 6.41 Å². The maximum atomic E-state index is 10.0. The van der Waals surface area contributed by atoms with Gasteiger partial charge in [0.1, 0.15) is 5.75 Å². The Hall–Kier alpha value is -1.71. The van der Waals surface area contributed by atoms with Crippen molar-refractivity contribution in [2.24, 2.45) is 0 Å². The van der Waals surface area contributed by atoms with E-state index >= 15 is 0 Å². The average molecular weight is 208 g/mol. The second kappa shape index (κ2) is 6.70. The number of unbranched alkanes of at least 4 members (excludes halogenated alkanes) is 1. The Balaban J connectivity index is 2.38. The molecule has 0 saturated heterocycles. The SMILES string of the molecule is CCCCOc1ccc(NNC=O)cc1. The van der Waals surface area contributed by atoms with E-state index in [-0.39, 0.29) is 0 Å². The Morgan fingerprint density at radius 2 is 2.07 bits per heavy atom. The van der Waals surface area contributed by atoms with Crippen LogP contribution in [-0.2, 0) is 4.79 Å². The molecule has 0 aliphatic heterocycles. The summed E-state index contributed by atoms with van der Waals surface area (Å²) in [6.45, 7) is 2.87. The monoisotopic (exact) mass is 208 g/mol. The summed E-state index contributed by atoms with van der Waals surface area (Å²) >= 11 is 0. The molecule has 1 rings (SSSR count). The maximum absolute atomic E-state index is 10.0. The summed E-state index contributed by atoms with van der Waals surface area (Å²) in [6, 6.07) is 7.42. The van der Waals surface area contributed by atoms with Crippen molar-refractivity contribution in [2.45, 2.75) is 19.8 Å². The molecule has 0 aromatic heterocycles. The van der Waals surface area contributed by atoms with Gasteiger partial charge in [0.05, 0.1) is 12.3 Å². The average Bonchev–Trinajstić information content (AvgIpc) is 2.28. The Morgan fingerprint density at radius 3 is 2.67 bits per heavy atom. The van der Waals surface area contributed by atoms with E-state index in [1.54, 1.807) is 0 Å². The lowest BCUT2D eigenvalue weighted by Crippen LogP contribution is -2.18. The van der Waals surface area contributed by atoms with Crippen LogP contribution in [0.5, 0.6) is 5.75 Å². The fourth-order valence-corrected chi connectivity index (χ4v) is 1.08. The number of benzene rings is 1. The van der Waals surface area contributed by atoms with Gasteiger partial charge in [-0.15, -0.1) is 0 Å². The summed E-state index contributed by atoms with van der Waals surface area (Å²) in [5.74, 6) is 0.847. The highest BCUT2D eigenvalue weighted by molar-refractivity contribution is 5.53. The van der Waals surface area contributed by atoms with Gasteiger partial charge in [-0.1, -0.05) is 13.3 Å². The first-order valence-electron chi connectivity index (χ1n) is 5.05. The van der Waals surface area contributed by atoms with Crippen LogP contribution in [0.1, 0.15) is 19.8 Å².